The molecule has 2 N–H and O–H groups in total. The van der Waals surface area contributed by atoms with Crippen molar-refractivity contribution in [2.75, 3.05) is 5.73 Å². The largest absolute Gasteiger partial charge is 0.434 e. The maximum Gasteiger partial charge on any atom is 0.349 e. The average molecular weight is 329 g/mol. The molecule has 9 heteroatoms. The molecule has 0 fully saturated rings. The first-order valence-corrected chi connectivity index (χ1v) is 5.66. The van der Waals surface area contributed by atoms with Gasteiger partial charge in [0.1, 0.15) is 17.8 Å². The highest BCUT2D eigenvalue weighted by Gasteiger charge is 2.19. The van der Waals surface area contributed by atoms with Crippen molar-refractivity contribution in [2.45, 2.75) is 0 Å². The molecular formula is C10H6BrFN4O3. The van der Waals surface area contributed by atoms with E-state index in [1.165, 1.54) is 12.1 Å². The standard InChI is InChI=1S/C10H6BrFN4O3/c11-6-3-5(1-2-7(6)12)19-9-8(16(17)18)4-14-10(13)15-9/h1-4H,(H2,13,14,15). The topological polar surface area (TPSA) is 104 Å². The molecule has 0 atom stereocenters. The number of nitrogens with zero attached hydrogens (tertiary/aromatic N) is 3. The van der Waals surface area contributed by atoms with Gasteiger partial charge in [-0.1, -0.05) is 0 Å². The minimum Gasteiger partial charge on any atom is -0.434 e. The van der Waals surface area contributed by atoms with Crippen LogP contribution in [0, 0.1) is 15.9 Å². The van der Waals surface area contributed by atoms with E-state index in [9.17, 15) is 14.5 Å². The number of rotatable bonds is 3. The molecule has 7 nitrogen and oxygen atoms in total. The smallest absolute Gasteiger partial charge is 0.349 e. The number of hydrogen-bond donors (Lipinski definition) is 1. The van der Waals surface area contributed by atoms with Gasteiger partial charge in [0, 0.05) is 0 Å². The Kier molecular flexibility index (Phi) is 3.56. The number of nitro groups is 1. The fraction of sp³-hybridized carbons (Fsp3) is 0. The van der Waals surface area contributed by atoms with Gasteiger partial charge in [0.25, 0.3) is 0 Å². The summed E-state index contributed by atoms with van der Waals surface area (Å²) in [6.07, 6.45) is 0.941. The number of halogens is 2. The zero-order valence-electron chi connectivity index (χ0n) is 9.21. The Bertz CT molecular complexity index is 653. The fourth-order valence-electron chi connectivity index (χ4n) is 1.22. The lowest BCUT2D eigenvalue weighted by atomic mass is 10.3. The van der Waals surface area contributed by atoms with Gasteiger partial charge in [-0.15, -0.1) is 0 Å². The number of nitrogens with two attached hydrogens (primary N) is 1. The second-order valence-corrected chi connectivity index (χ2v) is 4.21. The maximum atomic E-state index is 13.1. The van der Waals surface area contributed by atoms with Crippen LogP contribution in [-0.4, -0.2) is 14.9 Å². The van der Waals surface area contributed by atoms with Gasteiger partial charge in [0.2, 0.25) is 5.95 Å². The van der Waals surface area contributed by atoms with Crippen LogP contribution >= 0.6 is 15.9 Å². The van der Waals surface area contributed by atoms with Crippen molar-refractivity contribution in [2.24, 2.45) is 0 Å². The summed E-state index contributed by atoms with van der Waals surface area (Å²) in [7, 11) is 0. The lowest BCUT2D eigenvalue weighted by Crippen LogP contribution is -2.01. The molecule has 0 aliphatic rings. The van der Waals surface area contributed by atoms with Crippen LogP contribution in [0.5, 0.6) is 11.6 Å². The summed E-state index contributed by atoms with van der Waals surface area (Å²) in [6.45, 7) is 0. The van der Waals surface area contributed by atoms with Crippen LogP contribution in [-0.2, 0) is 0 Å². The summed E-state index contributed by atoms with van der Waals surface area (Å²) in [5, 5.41) is 10.8. The van der Waals surface area contributed by atoms with E-state index in [1.807, 2.05) is 0 Å². The Morgan fingerprint density at radius 1 is 1.47 bits per heavy atom. The van der Waals surface area contributed by atoms with Crippen molar-refractivity contribution in [3.8, 4) is 11.6 Å². The van der Waals surface area contributed by atoms with Gasteiger partial charge in [0.05, 0.1) is 9.40 Å². The van der Waals surface area contributed by atoms with Crippen LogP contribution in [0.25, 0.3) is 0 Å². The lowest BCUT2D eigenvalue weighted by Gasteiger charge is -2.06. The number of hydrogen-bond acceptors (Lipinski definition) is 6. The van der Waals surface area contributed by atoms with E-state index in [-0.39, 0.29) is 22.1 Å². The van der Waals surface area contributed by atoms with E-state index < -0.39 is 16.4 Å². The Labute approximate surface area is 114 Å². The predicted molar refractivity (Wildman–Crippen MR) is 67.3 cm³/mol. The molecule has 0 bridgehead atoms. The van der Waals surface area contributed by atoms with Gasteiger partial charge in [-0.05, 0) is 34.1 Å². The molecular weight excluding hydrogens is 323 g/mol. The Morgan fingerprint density at radius 3 is 2.84 bits per heavy atom. The van der Waals surface area contributed by atoms with Crippen LogP contribution in [0.2, 0.25) is 0 Å². The van der Waals surface area contributed by atoms with E-state index in [2.05, 4.69) is 25.9 Å². The molecule has 0 spiro atoms. The van der Waals surface area contributed by atoms with Crippen molar-refractivity contribution in [1.82, 2.24) is 9.97 Å². The highest BCUT2D eigenvalue weighted by atomic mass is 79.9. The monoisotopic (exact) mass is 328 g/mol. The summed E-state index contributed by atoms with van der Waals surface area (Å²) >= 11 is 2.98. The van der Waals surface area contributed by atoms with Crippen LogP contribution in [0.3, 0.4) is 0 Å². The molecule has 19 heavy (non-hydrogen) atoms. The normalized spacial score (nSPS) is 10.2. The highest BCUT2D eigenvalue weighted by molar-refractivity contribution is 9.10. The number of aromatic nitrogens is 2. The zero-order chi connectivity index (χ0) is 14.0. The van der Waals surface area contributed by atoms with Crippen molar-refractivity contribution in [3.63, 3.8) is 0 Å². The van der Waals surface area contributed by atoms with Crippen LogP contribution < -0.4 is 10.5 Å². The molecule has 0 saturated heterocycles. The SMILES string of the molecule is Nc1ncc([N+](=O)[O-])c(Oc2ccc(F)c(Br)c2)n1. The molecule has 0 radical (unpaired) electrons. The molecule has 0 unspecified atom stereocenters. The number of benzene rings is 1. The van der Waals surface area contributed by atoms with Crippen molar-refractivity contribution in [3.05, 3.63) is 44.8 Å². The highest BCUT2D eigenvalue weighted by Crippen LogP contribution is 2.30. The van der Waals surface area contributed by atoms with E-state index in [1.54, 1.807) is 0 Å². The molecule has 1 aromatic carbocycles. The van der Waals surface area contributed by atoms with Crippen molar-refractivity contribution in [1.29, 1.82) is 0 Å². The first kappa shape index (κ1) is 13.1. The fourth-order valence-corrected chi connectivity index (χ4v) is 1.58. The van der Waals surface area contributed by atoms with Crippen LogP contribution in [0.4, 0.5) is 16.0 Å². The quantitative estimate of drug-likeness (QED) is 0.686. The van der Waals surface area contributed by atoms with Gasteiger partial charge in [0.15, 0.2) is 0 Å². The lowest BCUT2D eigenvalue weighted by molar-refractivity contribution is -0.386. The molecule has 0 saturated carbocycles. The molecule has 2 aromatic rings. The summed E-state index contributed by atoms with van der Waals surface area (Å²) in [6, 6.07) is 3.77. The summed E-state index contributed by atoms with van der Waals surface area (Å²) in [4.78, 5) is 17.2. The molecule has 0 aliphatic heterocycles. The summed E-state index contributed by atoms with van der Waals surface area (Å²) in [5.74, 6) is -0.781. The Balaban J connectivity index is 2.39. The number of anilines is 1. The second-order valence-electron chi connectivity index (χ2n) is 3.35. The summed E-state index contributed by atoms with van der Waals surface area (Å²) < 4.78 is 18.4. The minimum atomic E-state index is -0.701. The van der Waals surface area contributed by atoms with Gasteiger partial charge in [-0.25, -0.2) is 9.37 Å². The van der Waals surface area contributed by atoms with Crippen LogP contribution in [0.15, 0.2) is 28.9 Å². The van der Waals surface area contributed by atoms with Crippen molar-refractivity contribution < 1.29 is 14.1 Å². The molecule has 1 heterocycles. The molecule has 0 amide bonds. The molecule has 98 valence electrons. The van der Waals surface area contributed by atoms with Gasteiger partial charge < -0.3 is 10.5 Å². The van der Waals surface area contributed by atoms with E-state index >= 15 is 0 Å². The van der Waals surface area contributed by atoms with Gasteiger partial charge in [-0.3, -0.25) is 10.1 Å². The number of ether oxygens (including phenoxy) is 1. The van der Waals surface area contributed by atoms with Crippen LogP contribution in [0.1, 0.15) is 0 Å². The Morgan fingerprint density at radius 2 is 2.21 bits per heavy atom. The second kappa shape index (κ2) is 5.14. The van der Waals surface area contributed by atoms with E-state index in [4.69, 9.17) is 10.5 Å². The number of nitrogen functional groups attached to an aromatic ring is 1. The first-order chi connectivity index (χ1) is 8.97. The molecule has 1 aromatic heterocycles. The maximum absolute atomic E-state index is 13.1. The minimum absolute atomic E-state index is 0.162. The zero-order valence-corrected chi connectivity index (χ0v) is 10.8. The van der Waals surface area contributed by atoms with Crippen molar-refractivity contribution >= 4 is 27.6 Å². The first-order valence-electron chi connectivity index (χ1n) is 4.87. The Hall–Kier alpha value is -2.29. The van der Waals surface area contributed by atoms with E-state index in [0.717, 1.165) is 12.3 Å². The predicted octanol–water partition coefficient (Wildman–Crippen LogP) is 2.66. The third-order valence-corrected chi connectivity index (χ3v) is 2.66. The van der Waals surface area contributed by atoms with Gasteiger partial charge in [-0.2, -0.15) is 4.98 Å². The average Bonchev–Trinajstić information content (AvgIpc) is 2.33. The third kappa shape index (κ3) is 2.94. The molecule has 0 aliphatic carbocycles. The third-order valence-electron chi connectivity index (χ3n) is 2.06. The van der Waals surface area contributed by atoms with Gasteiger partial charge >= 0.3 is 11.6 Å². The molecule has 2 rings (SSSR count). The van der Waals surface area contributed by atoms with E-state index in [0.29, 0.717) is 0 Å². The summed E-state index contributed by atoms with van der Waals surface area (Å²) in [5.41, 5.74) is 4.91.